The van der Waals surface area contributed by atoms with Gasteiger partial charge in [0.2, 0.25) is 0 Å². The van der Waals surface area contributed by atoms with Gasteiger partial charge in [-0.1, -0.05) is 111 Å². The fourth-order valence-corrected chi connectivity index (χ4v) is 5.50. The maximum atomic E-state index is 6.39. The molecule has 0 saturated heterocycles. The first kappa shape index (κ1) is 22.4. The largest absolute Gasteiger partial charge is 0.457 e. The van der Waals surface area contributed by atoms with Crippen molar-refractivity contribution in [2.45, 2.75) is 19.3 Å². The summed E-state index contributed by atoms with van der Waals surface area (Å²) in [5.41, 5.74) is 8.45. The van der Waals surface area contributed by atoms with Crippen molar-refractivity contribution in [3.8, 4) is 45.3 Å². The molecule has 5 aromatic carbocycles. The van der Waals surface area contributed by atoms with Crippen molar-refractivity contribution in [3.63, 3.8) is 0 Å². The van der Waals surface area contributed by atoms with Gasteiger partial charge in [0.05, 0.1) is 11.2 Å². The first-order chi connectivity index (χ1) is 18.6. The molecule has 1 aliphatic heterocycles. The molecular formula is C35H26N2O. The van der Waals surface area contributed by atoms with E-state index in [9.17, 15) is 0 Å². The van der Waals surface area contributed by atoms with Crippen molar-refractivity contribution in [1.29, 1.82) is 0 Å². The molecular weight excluding hydrogens is 464 g/mol. The number of aromatic nitrogens is 2. The second-order valence-electron chi connectivity index (χ2n) is 10.3. The summed E-state index contributed by atoms with van der Waals surface area (Å²) >= 11 is 0. The number of benzene rings is 5. The number of rotatable bonds is 3. The maximum Gasteiger partial charge on any atom is 0.160 e. The zero-order valence-corrected chi connectivity index (χ0v) is 21.3. The number of fused-ring (bicyclic) bond motifs is 3. The van der Waals surface area contributed by atoms with Crippen LogP contribution in [0.1, 0.15) is 25.0 Å². The summed E-state index contributed by atoms with van der Waals surface area (Å²) in [6, 6.07) is 41.9. The van der Waals surface area contributed by atoms with Crippen molar-refractivity contribution in [1.82, 2.24) is 9.97 Å². The second-order valence-corrected chi connectivity index (χ2v) is 10.3. The summed E-state index contributed by atoms with van der Waals surface area (Å²) in [6.07, 6.45) is 0. The Labute approximate surface area is 222 Å². The predicted octanol–water partition coefficient (Wildman–Crippen LogP) is 9.06. The third-order valence-corrected chi connectivity index (χ3v) is 7.54. The van der Waals surface area contributed by atoms with Crippen LogP contribution in [-0.2, 0) is 5.41 Å². The molecule has 38 heavy (non-hydrogen) atoms. The fraction of sp³-hybridized carbons (Fsp3) is 0.0857. The summed E-state index contributed by atoms with van der Waals surface area (Å²) in [7, 11) is 0. The molecule has 3 heteroatoms. The highest BCUT2D eigenvalue weighted by molar-refractivity contribution is 5.94. The standard InChI is InChI=1S/C35H26N2O/c1-35(2)28-16-7-9-18-31(28)38-32-22-25(19-20-29(32)35)24-13-10-14-26(21-24)33-27-15-6-8-17-30(27)36-34(37-33)23-11-4-3-5-12-23/h3-22H,1-2H3. The van der Waals surface area contributed by atoms with Crippen LogP contribution in [0.2, 0.25) is 0 Å². The Balaban J connectivity index is 1.34. The smallest absolute Gasteiger partial charge is 0.160 e. The lowest BCUT2D eigenvalue weighted by Crippen LogP contribution is -2.24. The Kier molecular flexibility index (Phi) is 5.12. The van der Waals surface area contributed by atoms with Crippen LogP contribution < -0.4 is 4.74 Å². The average Bonchev–Trinajstić information content (AvgIpc) is 2.97. The molecule has 6 aromatic rings. The maximum absolute atomic E-state index is 6.39. The third kappa shape index (κ3) is 3.67. The topological polar surface area (TPSA) is 35.0 Å². The lowest BCUT2D eigenvalue weighted by Gasteiger charge is -2.34. The van der Waals surface area contributed by atoms with E-state index in [2.05, 4.69) is 98.8 Å². The molecule has 0 fully saturated rings. The van der Waals surface area contributed by atoms with Crippen molar-refractivity contribution in [2.75, 3.05) is 0 Å². The van der Waals surface area contributed by atoms with Crippen LogP contribution in [0.5, 0.6) is 11.5 Å². The second kappa shape index (κ2) is 8.67. The molecule has 1 aromatic heterocycles. The Morgan fingerprint density at radius 2 is 1.21 bits per heavy atom. The molecule has 0 N–H and O–H groups in total. The molecule has 1 aliphatic rings. The molecule has 0 radical (unpaired) electrons. The molecule has 0 atom stereocenters. The van der Waals surface area contributed by atoms with Crippen LogP contribution in [0.4, 0.5) is 0 Å². The fourth-order valence-electron chi connectivity index (χ4n) is 5.50. The van der Waals surface area contributed by atoms with Gasteiger partial charge in [-0.05, 0) is 35.4 Å². The van der Waals surface area contributed by atoms with E-state index < -0.39 is 0 Å². The molecule has 2 heterocycles. The van der Waals surface area contributed by atoms with E-state index in [1.54, 1.807) is 0 Å². The molecule has 182 valence electrons. The lowest BCUT2D eigenvalue weighted by molar-refractivity contribution is 0.418. The summed E-state index contributed by atoms with van der Waals surface area (Å²) in [6.45, 7) is 4.52. The van der Waals surface area contributed by atoms with E-state index in [1.165, 1.54) is 11.1 Å². The highest BCUT2D eigenvalue weighted by atomic mass is 16.5. The summed E-state index contributed by atoms with van der Waals surface area (Å²) in [5, 5.41) is 1.04. The van der Waals surface area contributed by atoms with E-state index in [4.69, 9.17) is 14.7 Å². The van der Waals surface area contributed by atoms with Crippen LogP contribution in [0.25, 0.3) is 44.7 Å². The monoisotopic (exact) mass is 490 g/mol. The third-order valence-electron chi connectivity index (χ3n) is 7.54. The van der Waals surface area contributed by atoms with Crippen LogP contribution in [0.15, 0.2) is 121 Å². The molecule has 0 unspecified atom stereocenters. The molecule has 0 saturated carbocycles. The van der Waals surface area contributed by atoms with Crippen LogP contribution in [0, 0.1) is 0 Å². The molecule has 0 aliphatic carbocycles. The quantitative estimate of drug-likeness (QED) is 0.248. The van der Waals surface area contributed by atoms with Crippen LogP contribution in [0.3, 0.4) is 0 Å². The van der Waals surface area contributed by atoms with E-state index >= 15 is 0 Å². The molecule has 7 rings (SSSR count). The van der Waals surface area contributed by atoms with Gasteiger partial charge in [-0.2, -0.15) is 0 Å². The van der Waals surface area contributed by atoms with Gasteiger partial charge >= 0.3 is 0 Å². The van der Waals surface area contributed by atoms with E-state index in [-0.39, 0.29) is 5.41 Å². The highest BCUT2D eigenvalue weighted by Crippen LogP contribution is 2.48. The van der Waals surface area contributed by atoms with Crippen molar-refractivity contribution in [3.05, 3.63) is 132 Å². The summed E-state index contributed by atoms with van der Waals surface area (Å²) in [4.78, 5) is 9.92. The number of para-hydroxylation sites is 2. The molecule has 3 nitrogen and oxygen atoms in total. The van der Waals surface area contributed by atoms with E-state index in [1.807, 2.05) is 36.4 Å². The number of hydrogen-bond donors (Lipinski definition) is 0. The molecule has 0 bridgehead atoms. The first-order valence-electron chi connectivity index (χ1n) is 12.9. The van der Waals surface area contributed by atoms with E-state index in [0.29, 0.717) is 0 Å². The highest BCUT2D eigenvalue weighted by Gasteiger charge is 2.34. The zero-order valence-electron chi connectivity index (χ0n) is 21.3. The van der Waals surface area contributed by atoms with Crippen LogP contribution >= 0.6 is 0 Å². The minimum Gasteiger partial charge on any atom is -0.457 e. The van der Waals surface area contributed by atoms with E-state index in [0.717, 1.165) is 56.2 Å². The van der Waals surface area contributed by atoms with Gasteiger partial charge in [0, 0.05) is 33.1 Å². The van der Waals surface area contributed by atoms with Gasteiger partial charge in [-0.25, -0.2) is 9.97 Å². The Morgan fingerprint density at radius 1 is 0.526 bits per heavy atom. The van der Waals surface area contributed by atoms with Crippen molar-refractivity contribution >= 4 is 10.9 Å². The van der Waals surface area contributed by atoms with Crippen LogP contribution in [-0.4, -0.2) is 9.97 Å². The van der Waals surface area contributed by atoms with Crippen molar-refractivity contribution < 1.29 is 4.74 Å². The zero-order chi connectivity index (χ0) is 25.7. The average molecular weight is 491 g/mol. The minimum absolute atomic E-state index is 0.127. The van der Waals surface area contributed by atoms with Gasteiger partial charge in [0.15, 0.2) is 5.82 Å². The predicted molar refractivity (Wildman–Crippen MR) is 154 cm³/mol. The Morgan fingerprint density at radius 3 is 2.11 bits per heavy atom. The summed E-state index contributed by atoms with van der Waals surface area (Å²) < 4.78 is 6.39. The summed E-state index contributed by atoms with van der Waals surface area (Å²) in [5.74, 6) is 2.57. The van der Waals surface area contributed by atoms with Crippen molar-refractivity contribution in [2.24, 2.45) is 0 Å². The van der Waals surface area contributed by atoms with Gasteiger partial charge < -0.3 is 4.74 Å². The van der Waals surface area contributed by atoms with Gasteiger partial charge in [0.25, 0.3) is 0 Å². The number of nitrogens with zero attached hydrogens (tertiary/aromatic N) is 2. The SMILES string of the molecule is CC1(C)c2ccccc2Oc2cc(-c3cccc(-c4nc(-c5ccccc5)nc5ccccc45)c3)ccc21. The number of hydrogen-bond acceptors (Lipinski definition) is 3. The number of ether oxygens (including phenoxy) is 1. The first-order valence-corrected chi connectivity index (χ1v) is 12.9. The minimum atomic E-state index is -0.127. The normalized spacial score (nSPS) is 13.4. The molecule has 0 spiro atoms. The Bertz CT molecular complexity index is 1820. The Hall–Kier alpha value is -4.76. The molecule has 0 amide bonds. The van der Waals surface area contributed by atoms with Gasteiger partial charge in [0.1, 0.15) is 11.5 Å². The van der Waals surface area contributed by atoms with Gasteiger partial charge in [-0.15, -0.1) is 0 Å². The lowest BCUT2D eigenvalue weighted by atomic mass is 9.75. The van der Waals surface area contributed by atoms with Gasteiger partial charge in [-0.3, -0.25) is 0 Å².